The van der Waals surface area contributed by atoms with Gasteiger partial charge in [-0.05, 0) is 19.8 Å². The van der Waals surface area contributed by atoms with Crippen LogP contribution in [0.2, 0.25) is 0 Å². The van der Waals surface area contributed by atoms with Crippen LogP contribution in [-0.2, 0) is 14.3 Å². The summed E-state index contributed by atoms with van der Waals surface area (Å²) in [7, 11) is 0. The van der Waals surface area contributed by atoms with E-state index in [1.54, 1.807) is 0 Å². The third-order valence-electron chi connectivity index (χ3n) is 5.01. The first-order chi connectivity index (χ1) is 15.0. The molecule has 0 saturated carbocycles. The highest BCUT2D eigenvalue weighted by Crippen LogP contribution is 2.35. The second kappa shape index (κ2) is 9.15. The van der Waals surface area contributed by atoms with Crippen LogP contribution >= 0.6 is 0 Å². The molecule has 3 aromatic rings. The van der Waals surface area contributed by atoms with Crippen LogP contribution in [0.5, 0.6) is 11.5 Å². The number of ether oxygens (including phenoxy) is 3. The molecule has 1 N–H and O–H groups in total. The summed E-state index contributed by atoms with van der Waals surface area (Å²) in [4.78, 5) is 27.1. The molecule has 10 heteroatoms. The highest BCUT2D eigenvalue weighted by atomic mass is 16.6. The quantitative estimate of drug-likeness (QED) is 0.406. The number of esters is 1. The Labute approximate surface area is 178 Å². The maximum atomic E-state index is 11.6. The van der Waals surface area contributed by atoms with Crippen molar-refractivity contribution in [1.82, 2.24) is 19.6 Å². The van der Waals surface area contributed by atoms with Gasteiger partial charge in [-0.2, -0.15) is 0 Å². The minimum atomic E-state index is -0.435. The van der Waals surface area contributed by atoms with E-state index in [9.17, 15) is 9.59 Å². The second-order valence-corrected chi connectivity index (χ2v) is 7.41. The van der Waals surface area contributed by atoms with Crippen molar-refractivity contribution in [2.24, 2.45) is 0 Å². The lowest BCUT2D eigenvalue weighted by molar-refractivity contribution is -0.145. The number of anilines is 1. The highest BCUT2D eigenvalue weighted by molar-refractivity contribution is 5.86. The van der Waals surface area contributed by atoms with Gasteiger partial charge in [0, 0.05) is 32.0 Å². The lowest BCUT2D eigenvalue weighted by atomic mass is 10.1. The fourth-order valence-electron chi connectivity index (χ4n) is 3.51. The topological polar surface area (TPSA) is 117 Å². The van der Waals surface area contributed by atoms with Crippen molar-refractivity contribution in [3.63, 3.8) is 0 Å². The number of fused-ring (bicyclic) bond motifs is 4. The predicted molar refractivity (Wildman–Crippen MR) is 113 cm³/mol. The Hall–Kier alpha value is -3.43. The second-order valence-electron chi connectivity index (χ2n) is 7.41. The SMILES string of the molecule is CC(=O)OCC(=O)CCCCCNc1nc2cc3c(cc2n2c(C)nnc12)OCCO3. The number of hydrogen-bond donors (Lipinski definition) is 1. The summed E-state index contributed by atoms with van der Waals surface area (Å²) in [5, 5.41) is 11.8. The Kier molecular flexibility index (Phi) is 6.15. The van der Waals surface area contributed by atoms with Gasteiger partial charge in [-0.25, -0.2) is 4.98 Å². The Morgan fingerprint density at radius 2 is 1.90 bits per heavy atom. The molecule has 0 aliphatic carbocycles. The first-order valence-corrected chi connectivity index (χ1v) is 10.4. The van der Waals surface area contributed by atoms with Crippen molar-refractivity contribution in [2.75, 3.05) is 31.7 Å². The standard InChI is InChI=1S/C21H25N5O5/c1-13-24-25-21-20(22-7-5-3-4-6-15(28)12-31-14(2)27)23-16-10-18-19(30-9-8-29-18)11-17(16)26(13)21/h10-11H,3-9,12H2,1-2H3,(H,22,23). The van der Waals surface area contributed by atoms with Crippen LogP contribution in [0.3, 0.4) is 0 Å². The van der Waals surface area contributed by atoms with E-state index in [0.29, 0.717) is 49.1 Å². The van der Waals surface area contributed by atoms with E-state index in [1.807, 2.05) is 23.5 Å². The number of hydrogen-bond acceptors (Lipinski definition) is 9. The van der Waals surface area contributed by atoms with Crippen molar-refractivity contribution < 1.29 is 23.8 Å². The van der Waals surface area contributed by atoms with Gasteiger partial charge in [-0.15, -0.1) is 10.2 Å². The van der Waals surface area contributed by atoms with E-state index in [4.69, 9.17) is 19.2 Å². The maximum absolute atomic E-state index is 11.6. The summed E-state index contributed by atoms with van der Waals surface area (Å²) in [5.41, 5.74) is 2.27. The van der Waals surface area contributed by atoms with Crippen LogP contribution in [-0.4, -0.2) is 57.7 Å². The molecule has 1 aliphatic rings. The van der Waals surface area contributed by atoms with Crippen molar-refractivity contribution in [2.45, 2.75) is 39.5 Å². The van der Waals surface area contributed by atoms with E-state index in [2.05, 4.69) is 15.5 Å². The number of unbranched alkanes of at least 4 members (excludes halogenated alkanes) is 2. The predicted octanol–water partition coefficient (Wildman–Crippen LogP) is 2.46. The Balaban J connectivity index is 1.41. The first kappa shape index (κ1) is 20.8. The van der Waals surface area contributed by atoms with Gasteiger partial charge < -0.3 is 19.5 Å². The van der Waals surface area contributed by atoms with Gasteiger partial charge in [0.1, 0.15) is 25.6 Å². The molecule has 3 heterocycles. The fourth-order valence-corrected chi connectivity index (χ4v) is 3.51. The van der Waals surface area contributed by atoms with Crippen molar-refractivity contribution >= 4 is 34.3 Å². The minimum Gasteiger partial charge on any atom is -0.486 e. The minimum absolute atomic E-state index is 0.0606. The van der Waals surface area contributed by atoms with Crippen LogP contribution in [0.4, 0.5) is 5.82 Å². The number of nitrogens with zero attached hydrogens (tertiary/aromatic N) is 4. The summed E-state index contributed by atoms with van der Waals surface area (Å²) in [6.45, 7) is 4.77. The molecule has 1 aromatic carbocycles. The lowest BCUT2D eigenvalue weighted by Gasteiger charge is -2.19. The van der Waals surface area contributed by atoms with Crippen molar-refractivity contribution in [3.05, 3.63) is 18.0 Å². The number of carbonyl (C=O) groups is 2. The number of nitrogens with one attached hydrogen (secondary N) is 1. The Bertz CT molecular complexity index is 1130. The molecule has 0 radical (unpaired) electrons. The van der Waals surface area contributed by atoms with Crippen molar-refractivity contribution in [1.29, 1.82) is 0 Å². The average Bonchev–Trinajstić information content (AvgIpc) is 3.15. The summed E-state index contributed by atoms with van der Waals surface area (Å²) in [6.07, 6.45) is 2.88. The van der Waals surface area contributed by atoms with Gasteiger partial charge in [0.2, 0.25) is 5.65 Å². The number of aromatic nitrogens is 4. The largest absolute Gasteiger partial charge is 0.486 e. The molecule has 10 nitrogen and oxygen atoms in total. The van der Waals surface area contributed by atoms with E-state index in [-0.39, 0.29) is 12.4 Å². The molecule has 0 spiro atoms. The van der Waals surface area contributed by atoms with Gasteiger partial charge in [0.25, 0.3) is 0 Å². The van der Waals surface area contributed by atoms with E-state index < -0.39 is 5.97 Å². The van der Waals surface area contributed by atoms with Crippen LogP contribution in [0.1, 0.15) is 38.4 Å². The molecule has 1 aliphatic heterocycles. The monoisotopic (exact) mass is 427 g/mol. The smallest absolute Gasteiger partial charge is 0.303 e. The van der Waals surface area contributed by atoms with Crippen LogP contribution in [0.15, 0.2) is 12.1 Å². The number of Topliss-reactive ketones (excluding diaryl/α,β-unsaturated/α-hetero) is 1. The third-order valence-corrected chi connectivity index (χ3v) is 5.01. The number of rotatable bonds is 9. The molecule has 0 bridgehead atoms. The molecule has 0 fully saturated rings. The molecule has 2 aromatic heterocycles. The molecule has 0 amide bonds. The molecular weight excluding hydrogens is 402 g/mol. The molecular formula is C21H25N5O5. The molecule has 0 saturated heterocycles. The number of aryl methyl sites for hydroxylation is 1. The average molecular weight is 427 g/mol. The summed E-state index contributed by atoms with van der Waals surface area (Å²) < 4.78 is 18.1. The normalized spacial score (nSPS) is 12.8. The summed E-state index contributed by atoms with van der Waals surface area (Å²) >= 11 is 0. The van der Waals surface area contributed by atoms with Gasteiger partial charge in [-0.3, -0.25) is 14.0 Å². The Morgan fingerprint density at radius 1 is 1.13 bits per heavy atom. The number of ketones is 1. The van der Waals surface area contributed by atoms with Gasteiger partial charge in [0.15, 0.2) is 23.1 Å². The molecule has 31 heavy (non-hydrogen) atoms. The summed E-state index contributed by atoms with van der Waals surface area (Å²) in [6, 6.07) is 3.79. The zero-order valence-electron chi connectivity index (χ0n) is 17.6. The van der Waals surface area contributed by atoms with Crippen LogP contribution < -0.4 is 14.8 Å². The van der Waals surface area contributed by atoms with Gasteiger partial charge in [-0.1, -0.05) is 6.42 Å². The van der Waals surface area contributed by atoms with Gasteiger partial charge >= 0.3 is 5.97 Å². The maximum Gasteiger partial charge on any atom is 0.303 e. The Morgan fingerprint density at radius 3 is 2.68 bits per heavy atom. The number of benzene rings is 1. The zero-order chi connectivity index (χ0) is 21.8. The summed E-state index contributed by atoms with van der Waals surface area (Å²) in [5.74, 6) is 2.29. The molecule has 4 rings (SSSR count). The molecule has 0 atom stereocenters. The van der Waals surface area contributed by atoms with E-state index >= 15 is 0 Å². The first-order valence-electron chi connectivity index (χ1n) is 10.4. The highest BCUT2D eigenvalue weighted by Gasteiger charge is 2.18. The molecule has 0 unspecified atom stereocenters. The third kappa shape index (κ3) is 4.68. The van der Waals surface area contributed by atoms with E-state index in [1.165, 1.54) is 6.92 Å². The number of carbonyl (C=O) groups excluding carboxylic acids is 2. The lowest BCUT2D eigenvalue weighted by Crippen LogP contribution is -2.15. The van der Waals surface area contributed by atoms with Crippen LogP contribution in [0.25, 0.3) is 16.7 Å². The molecule has 164 valence electrons. The fraction of sp³-hybridized carbons (Fsp3) is 0.476. The zero-order valence-corrected chi connectivity index (χ0v) is 17.6. The van der Waals surface area contributed by atoms with Gasteiger partial charge in [0.05, 0.1) is 11.0 Å². The van der Waals surface area contributed by atoms with Crippen molar-refractivity contribution in [3.8, 4) is 11.5 Å². The van der Waals surface area contributed by atoms with E-state index in [0.717, 1.165) is 36.1 Å². The van der Waals surface area contributed by atoms with Crippen LogP contribution in [0, 0.1) is 6.92 Å².